The molecule has 150 valence electrons. The Balaban J connectivity index is 1.57. The molecule has 0 nitrogen and oxygen atoms in total. The molecular formula is C28H26S2. The lowest BCUT2D eigenvalue weighted by Crippen LogP contribution is -1.98. The van der Waals surface area contributed by atoms with Crippen molar-refractivity contribution in [1.29, 1.82) is 0 Å². The van der Waals surface area contributed by atoms with Crippen molar-refractivity contribution in [2.75, 3.05) is 0 Å². The van der Waals surface area contributed by atoms with Gasteiger partial charge in [-0.25, -0.2) is 0 Å². The SMILES string of the molecule is CC(c1ccccc1)c1ccccc1SSc1ccccc1C(C)c1ccccc1. The van der Waals surface area contributed by atoms with Crippen LogP contribution < -0.4 is 0 Å². The van der Waals surface area contributed by atoms with Gasteiger partial charge in [0.15, 0.2) is 0 Å². The number of hydrogen-bond donors (Lipinski definition) is 0. The van der Waals surface area contributed by atoms with E-state index in [4.69, 9.17) is 0 Å². The van der Waals surface area contributed by atoms with Gasteiger partial charge in [0.05, 0.1) is 0 Å². The molecule has 0 aliphatic heterocycles. The van der Waals surface area contributed by atoms with E-state index in [2.05, 4.69) is 123 Å². The molecule has 0 bridgehead atoms. The van der Waals surface area contributed by atoms with Crippen molar-refractivity contribution in [2.24, 2.45) is 0 Å². The molecular weight excluding hydrogens is 400 g/mol. The second kappa shape index (κ2) is 10.1. The van der Waals surface area contributed by atoms with E-state index in [-0.39, 0.29) is 0 Å². The lowest BCUT2D eigenvalue weighted by atomic mass is 9.93. The Labute approximate surface area is 188 Å². The van der Waals surface area contributed by atoms with Crippen LogP contribution in [-0.4, -0.2) is 0 Å². The molecule has 0 amide bonds. The summed E-state index contributed by atoms with van der Waals surface area (Å²) in [5.74, 6) is 0.739. The lowest BCUT2D eigenvalue weighted by Gasteiger charge is -2.18. The highest BCUT2D eigenvalue weighted by molar-refractivity contribution is 8.76. The van der Waals surface area contributed by atoms with E-state index >= 15 is 0 Å². The van der Waals surface area contributed by atoms with Crippen molar-refractivity contribution in [3.05, 3.63) is 131 Å². The van der Waals surface area contributed by atoms with Crippen molar-refractivity contribution >= 4 is 21.6 Å². The maximum absolute atomic E-state index is 2.30. The van der Waals surface area contributed by atoms with Crippen molar-refractivity contribution in [3.63, 3.8) is 0 Å². The minimum absolute atomic E-state index is 0.369. The minimum atomic E-state index is 0.369. The molecule has 0 aliphatic rings. The third kappa shape index (κ3) is 4.83. The van der Waals surface area contributed by atoms with Crippen LogP contribution in [0.1, 0.15) is 47.9 Å². The zero-order chi connectivity index (χ0) is 20.8. The van der Waals surface area contributed by atoms with Crippen LogP contribution in [0, 0.1) is 0 Å². The van der Waals surface area contributed by atoms with Crippen LogP contribution in [0.15, 0.2) is 119 Å². The summed E-state index contributed by atoms with van der Waals surface area (Å²) in [6.07, 6.45) is 0. The van der Waals surface area contributed by atoms with Gasteiger partial charge < -0.3 is 0 Å². The summed E-state index contributed by atoms with van der Waals surface area (Å²) in [5, 5.41) is 0. The van der Waals surface area contributed by atoms with Gasteiger partial charge in [-0.05, 0) is 34.4 Å². The normalized spacial score (nSPS) is 13.0. The molecule has 2 unspecified atom stereocenters. The summed E-state index contributed by atoms with van der Waals surface area (Å²) in [4.78, 5) is 2.67. The highest BCUT2D eigenvalue weighted by Gasteiger charge is 2.16. The van der Waals surface area contributed by atoms with Crippen LogP contribution in [0.4, 0.5) is 0 Å². The first-order valence-electron chi connectivity index (χ1n) is 10.4. The third-order valence-electron chi connectivity index (χ3n) is 5.59. The number of hydrogen-bond acceptors (Lipinski definition) is 2. The van der Waals surface area contributed by atoms with Gasteiger partial charge in [-0.1, -0.05) is 132 Å². The van der Waals surface area contributed by atoms with Crippen molar-refractivity contribution in [2.45, 2.75) is 35.5 Å². The molecule has 0 aromatic heterocycles. The average Bonchev–Trinajstić information content (AvgIpc) is 2.83. The van der Waals surface area contributed by atoms with E-state index in [0.29, 0.717) is 11.8 Å². The zero-order valence-electron chi connectivity index (χ0n) is 17.4. The first-order valence-corrected chi connectivity index (χ1v) is 12.5. The molecule has 2 heteroatoms. The highest BCUT2D eigenvalue weighted by atomic mass is 33.1. The predicted octanol–water partition coefficient (Wildman–Crippen LogP) is 8.79. The van der Waals surface area contributed by atoms with Gasteiger partial charge in [-0.3, -0.25) is 0 Å². The largest absolute Gasteiger partial charge is 0.0622 e. The van der Waals surface area contributed by atoms with Gasteiger partial charge in [0.1, 0.15) is 0 Å². The van der Waals surface area contributed by atoms with Crippen molar-refractivity contribution in [1.82, 2.24) is 0 Å². The standard InChI is InChI=1S/C28H26S2/c1-21(23-13-5-3-6-14-23)25-17-9-11-19-27(25)29-30-28-20-12-10-18-26(28)22(2)24-15-7-4-8-16-24/h3-22H,1-2H3. The summed E-state index contributed by atoms with van der Waals surface area (Å²) >= 11 is 0. The third-order valence-corrected chi connectivity index (χ3v) is 8.10. The molecule has 0 saturated heterocycles. The molecule has 0 aliphatic carbocycles. The summed E-state index contributed by atoms with van der Waals surface area (Å²) in [7, 11) is 3.73. The van der Waals surface area contributed by atoms with Crippen LogP contribution in [0.3, 0.4) is 0 Å². The molecule has 0 heterocycles. The Hall–Kier alpha value is -2.42. The Bertz CT molecular complexity index is 985. The molecule has 4 aromatic carbocycles. The number of benzene rings is 4. The molecule has 0 N–H and O–H groups in total. The molecule has 30 heavy (non-hydrogen) atoms. The second-order valence-corrected chi connectivity index (χ2v) is 9.72. The van der Waals surface area contributed by atoms with Crippen molar-refractivity contribution < 1.29 is 0 Å². The fourth-order valence-corrected chi connectivity index (χ4v) is 6.34. The molecule has 0 radical (unpaired) electrons. The molecule has 0 spiro atoms. The summed E-state index contributed by atoms with van der Waals surface area (Å²) in [6.45, 7) is 4.59. The van der Waals surface area contributed by atoms with Gasteiger partial charge in [0.2, 0.25) is 0 Å². The van der Waals surface area contributed by atoms with E-state index in [1.54, 1.807) is 0 Å². The maximum Gasteiger partial charge on any atom is 0.0224 e. The first-order chi connectivity index (χ1) is 14.7. The molecule has 4 rings (SSSR count). The Kier molecular flexibility index (Phi) is 6.99. The van der Waals surface area contributed by atoms with Gasteiger partial charge in [0.25, 0.3) is 0 Å². The van der Waals surface area contributed by atoms with Gasteiger partial charge in [0, 0.05) is 21.6 Å². The van der Waals surface area contributed by atoms with Gasteiger partial charge in [-0.2, -0.15) is 0 Å². The van der Waals surface area contributed by atoms with Crippen LogP contribution in [0.5, 0.6) is 0 Å². The van der Waals surface area contributed by atoms with E-state index < -0.39 is 0 Å². The maximum atomic E-state index is 2.30. The molecule has 0 saturated carbocycles. The highest BCUT2D eigenvalue weighted by Crippen LogP contribution is 2.44. The zero-order valence-corrected chi connectivity index (χ0v) is 19.0. The van der Waals surface area contributed by atoms with Crippen LogP contribution >= 0.6 is 21.6 Å². The summed E-state index contributed by atoms with van der Waals surface area (Å²) in [5.41, 5.74) is 5.48. The predicted molar refractivity (Wildman–Crippen MR) is 133 cm³/mol. The average molecular weight is 427 g/mol. The van der Waals surface area contributed by atoms with Crippen molar-refractivity contribution in [3.8, 4) is 0 Å². The first kappa shape index (κ1) is 20.8. The molecule has 2 atom stereocenters. The summed E-state index contributed by atoms with van der Waals surface area (Å²) in [6, 6.07) is 39.1. The molecule has 4 aromatic rings. The topological polar surface area (TPSA) is 0 Å². The smallest absolute Gasteiger partial charge is 0.0224 e. The minimum Gasteiger partial charge on any atom is -0.0622 e. The Morgan fingerprint density at radius 1 is 0.433 bits per heavy atom. The van der Waals surface area contributed by atoms with Crippen LogP contribution in [0.2, 0.25) is 0 Å². The quantitative estimate of drug-likeness (QED) is 0.271. The fraction of sp³-hybridized carbons (Fsp3) is 0.143. The van der Waals surface area contributed by atoms with E-state index in [1.807, 2.05) is 21.6 Å². The number of rotatable bonds is 7. The van der Waals surface area contributed by atoms with E-state index in [0.717, 1.165) is 0 Å². The Morgan fingerprint density at radius 3 is 1.17 bits per heavy atom. The summed E-state index contributed by atoms with van der Waals surface area (Å²) < 4.78 is 0. The van der Waals surface area contributed by atoms with Crippen LogP contribution in [0.25, 0.3) is 0 Å². The lowest BCUT2D eigenvalue weighted by molar-refractivity contribution is 0.894. The monoisotopic (exact) mass is 426 g/mol. The van der Waals surface area contributed by atoms with Gasteiger partial charge >= 0.3 is 0 Å². The van der Waals surface area contributed by atoms with E-state index in [9.17, 15) is 0 Å². The fourth-order valence-electron chi connectivity index (χ4n) is 3.76. The Morgan fingerprint density at radius 2 is 0.767 bits per heavy atom. The molecule has 0 fully saturated rings. The van der Waals surface area contributed by atoms with Gasteiger partial charge in [-0.15, -0.1) is 0 Å². The van der Waals surface area contributed by atoms with E-state index in [1.165, 1.54) is 32.0 Å². The van der Waals surface area contributed by atoms with Crippen LogP contribution in [-0.2, 0) is 0 Å². The second-order valence-electron chi connectivity index (χ2n) is 7.51.